The van der Waals surface area contributed by atoms with Gasteiger partial charge in [-0.2, -0.15) is 0 Å². The fourth-order valence-corrected chi connectivity index (χ4v) is 2.90. The molecule has 1 aromatic heterocycles. The molecule has 0 aliphatic carbocycles. The maximum Gasteiger partial charge on any atom is 0.242 e. The minimum atomic E-state index is 0.227. The lowest BCUT2D eigenvalue weighted by atomic mass is 10.2. The SMILES string of the molecule is O=C(Cn1cncc1C1CCCN1)N1CCCC1. The number of hydrogen-bond donors (Lipinski definition) is 1. The summed E-state index contributed by atoms with van der Waals surface area (Å²) in [5.41, 5.74) is 1.15. The molecule has 2 saturated heterocycles. The van der Waals surface area contributed by atoms with Gasteiger partial charge in [-0.15, -0.1) is 0 Å². The van der Waals surface area contributed by atoms with E-state index >= 15 is 0 Å². The molecule has 1 N–H and O–H groups in total. The van der Waals surface area contributed by atoms with Crippen LogP contribution < -0.4 is 5.32 Å². The molecule has 0 radical (unpaired) electrons. The molecule has 3 heterocycles. The standard InChI is InChI=1S/C13H20N4O/c18-13(16-6-1-2-7-16)9-17-10-14-8-12(17)11-4-3-5-15-11/h8,10-11,15H,1-7,9H2. The number of carbonyl (C=O) groups excluding carboxylic acids is 1. The highest BCUT2D eigenvalue weighted by atomic mass is 16.2. The van der Waals surface area contributed by atoms with E-state index in [9.17, 15) is 4.79 Å². The summed E-state index contributed by atoms with van der Waals surface area (Å²) in [6.45, 7) is 3.35. The molecule has 1 unspecified atom stereocenters. The van der Waals surface area contributed by atoms with Crippen LogP contribution >= 0.6 is 0 Å². The van der Waals surface area contributed by atoms with Gasteiger partial charge in [0.2, 0.25) is 5.91 Å². The summed E-state index contributed by atoms with van der Waals surface area (Å²) >= 11 is 0. The molecule has 0 saturated carbocycles. The summed E-state index contributed by atoms with van der Waals surface area (Å²) in [4.78, 5) is 18.3. The molecule has 1 atom stereocenters. The molecular weight excluding hydrogens is 228 g/mol. The lowest BCUT2D eigenvalue weighted by Crippen LogP contribution is -2.31. The van der Waals surface area contributed by atoms with Crippen LogP contribution in [0.2, 0.25) is 0 Å². The van der Waals surface area contributed by atoms with Gasteiger partial charge in [-0.05, 0) is 32.2 Å². The van der Waals surface area contributed by atoms with Crippen LogP contribution in [0.4, 0.5) is 0 Å². The number of nitrogens with one attached hydrogen (secondary N) is 1. The van der Waals surface area contributed by atoms with E-state index in [1.54, 1.807) is 6.33 Å². The summed E-state index contributed by atoms with van der Waals surface area (Å²) in [7, 11) is 0. The highest BCUT2D eigenvalue weighted by Gasteiger charge is 2.23. The van der Waals surface area contributed by atoms with Crippen molar-refractivity contribution < 1.29 is 4.79 Å². The molecule has 1 aromatic rings. The van der Waals surface area contributed by atoms with Crippen LogP contribution in [-0.2, 0) is 11.3 Å². The fraction of sp³-hybridized carbons (Fsp3) is 0.692. The van der Waals surface area contributed by atoms with Gasteiger partial charge in [-0.3, -0.25) is 4.79 Å². The molecule has 1 amide bonds. The predicted molar refractivity (Wildman–Crippen MR) is 68.0 cm³/mol. The van der Waals surface area contributed by atoms with Gasteiger partial charge in [-0.1, -0.05) is 0 Å². The Morgan fingerprint density at radius 1 is 1.39 bits per heavy atom. The number of imidazole rings is 1. The van der Waals surface area contributed by atoms with Crippen molar-refractivity contribution >= 4 is 5.91 Å². The maximum atomic E-state index is 12.1. The van der Waals surface area contributed by atoms with Crippen LogP contribution in [0, 0.1) is 0 Å². The molecule has 3 rings (SSSR count). The Balaban J connectivity index is 1.68. The molecule has 0 bridgehead atoms. The van der Waals surface area contributed by atoms with E-state index in [-0.39, 0.29) is 5.91 Å². The van der Waals surface area contributed by atoms with Gasteiger partial charge in [0.15, 0.2) is 0 Å². The maximum absolute atomic E-state index is 12.1. The molecule has 2 fully saturated rings. The smallest absolute Gasteiger partial charge is 0.242 e. The Morgan fingerprint density at radius 3 is 2.94 bits per heavy atom. The molecular formula is C13H20N4O. The van der Waals surface area contributed by atoms with Crippen molar-refractivity contribution in [2.45, 2.75) is 38.3 Å². The quantitative estimate of drug-likeness (QED) is 0.865. The van der Waals surface area contributed by atoms with E-state index in [0.717, 1.165) is 44.6 Å². The minimum Gasteiger partial charge on any atom is -0.341 e. The molecule has 0 aromatic carbocycles. The van der Waals surface area contributed by atoms with Crippen molar-refractivity contribution in [2.24, 2.45) is 0 Å². The Kier molecular flexibility index (Phi) is 3.32. The molecule has 5 nitrogen and oxygen atoms in total. The highest BCUT2D eigenvalue weighted by molar-refractivity contribution is 5.76. The van der Waals surface area contributed by atoms with E-state index in [4.69, 9.17) is 0 Å². The van der Waals surface area contributed by atoms with E-state index in [1.165, 1.54) is 6.42 Å². The molecule has 2 aliphatic heterocycles. The zero-order chi connectivity index (χ0) is 12.4. The number of carbonyl (C=O) groups is 1. The van der Waals surface area contributed by atoms with Gasteiger partial charge >= 0.3 is 0 Å². The summed E-state index contributed by atoms with van der Waals surface area (Å²) in [6, 6.07) is 0.374. The first-order valence-corrected chi connectivity index (χ1v) is 6.86. The van der Waals surface area contributed by atoms with Crippen LogP contribution in [-0.4, -0.2) is 40.0 Å². The number of hydrogen-bond acceptors (Lipinski definition) is 3. The number of nitrogens with zero attached hydrogens (tertiary/aromatic N) is 3. The van der Waals surface area contributed by atoms with Crippen LogP contribution in [0.25, 0.3) is 0 Å². The second-order valence-electron chi connectivity index (χ2n) is 5.18. The summed E-state index contributed by atoms with van der Waals surface area (Å²) in [5, 5.41) is 3.46. The molecule has 2 aliphatic rings. The van der Waals surface area contributed by atoms with Crippen LogP contribution in [0.3, 0.4) is 0 Å². The average molecular weight is 248 g/mol. The molecule has 5 heteroatoms. The first-order valence-electron chi connectivity index (χ1n) is 6.86. The van der Waals surface area contributed by atoms with Crippen molar-refractivity contribution in [2.75, 3.05) is 19.6 Å². The number of aromatic nitrogens is 2. The average Bonchev–Trinajstić information content (AvgIpc) is 3.11. The predicted octanol–water partition coefficient (Wildman–Crippen LogP) is 0.930. The largest absolute Gasteiger partial charge is 0.341 e. The number of amides is 1. The lowest BCUT2D eigenvalue weighted by molar-refractivity contribution is -0.130. The van der Waals surface area contributed by atoms with E-state index < -0.39 is 0 Å². The zero-order valence-corrected chi connectivity index (χ0v) is 10.6. The van der Waals surface area contributed by atoms with Gasteiger partial charge < -0.3 is 14.8 Å². The Hall–Kier alpha value is -1.36. The van der Waals surface area contributed by atoms with Crippen molar-refractivity contribution in [1.29, 1.82) is 0 Å². The van der Waals surface area contributed by atoms with Gasteiger partial charge in [-0.25, -0.2) is 4.98 Å². The Morgan fingerprint density at radius 2 is 2.22 bits per heavy atom. The van der Waals surface area contributed by atoms with E-state index in [1.807, 2.05) is 15.7 Å². The lowest BCUT2D eigenvalue weighted by Gasteiger charge is -2.18. The third-order valence-electron chi connectivity index (χ3n) is 3.93. The molecule has 0 spiro atoms. The van der Waals surface area contributed by atoms with Crippen molar-refractivity contribution in [3.63, 3.8) is 0 Å². The third-order valence-corrected chi connectivity index (χ3v) is 3.93. The summed E-state index contributed by atoms with van der Waals surface area (Å²) < 4.78 is 2.00. The normalized spacial score (nSPS) is 23.8. The minimum absolute atomic E-state index is 0.227. The van der Waals surface area contributed by atoms with Gasteiger partial charge in [0.25, 0.3) is 0 Å². The Bertz CT molecular complexity index is 416. The zero-order valence-electron chi connectivity index (χ0n) is 10.6. The van der Waals surface area contributed by atoms with Crippen molar-refractivity contribution in [3.8, 4) is 0 Å². The third kappa shape index (κ3) is 2.27. The first kappa shape index (κ1) is 11.7. The van der Waals surface area contributed by atoms with E-state index in [0.29, 0.717) is 12.6 Å². The van der Waals surface area contributed by atoms with Crippen LogP contribution in [0.5, 0.6) is 0 Å². The van der Waals surface area contributed by atoms with Crippen LogP contribution in [0.1, 0.15) is 37.4 Å². The second kappa shape index (κ2) is 5.10. The fourth-order valence-electron chi connectivity index (χ4n) is 2.90. The first-order chi connectivity index (χ1) is 8.84. The highest BCUT2D eigenvalue weighted by Crippen LogP contribution is 2.22. The summed E-state index contributed by atoms with van der Waals surface area (Å²) in [5.74, 6) is 0.227. The second-order valence-corrected chi connectivity index (χ2v) is 5.18. The van der Waals surface area contributed by atoms with Crippen LogP contribution in [0.15, 0.2) is 12.5 Å². The topological polar surface area (TPSA) is 50.2 Å². The monoisotopic (exact) mass is 248 g/mol. The number of likely N-dealkylation sites (tertiary alicyclic amines) is 1. The van der Waals surface area contributed by atoms with Crippen molar-refractivity contribution in [3.05, 3.63) is 18.2 Å². The Labute approximate surface area is 107 Å². The van der Waals surface area contributed by atoms with E-state index in [2.05, 4.69) is 10.3 Å². The summed E-state index contributed by atoms with van der Waals surface area (Å²) in [6.07, 6.45) is 8.31. The molecule has 18 heavy (non-hydrogen) atoms. The molecule has 98 valence electrons. The van der Waals surface area contributed by atoms with Gasteiger partial charge in [0.1, 0.15) is 6.54 Å². The van der Waals surface area contributed by atoms with Crippen molar-refractivity contribution in [1.82, 2.24) is 19.8 Å². The van der Waals surface area contributed by atoms with Gasteiger partial charge in [0.05, 0.1) is 12.0 Å². The van der Waals surface area contributed by atoms with Gasteiger partial charge in [0, 0.05) is 25.3 Å². The number of rotatable bonds is 3.